The van der Waals surface area contributed by atoms with E-state index in [9.17, 15) is 4.79 Å². The zero-order chi connectivity index (χ0) is 14.3. The Bertz CT molecular complexity index is 580. The molecule has 0 bridgehead atoms. The van der Waals surface area contributed by atoms with Crippen molar-refractivity contribution in [2.45, 2.75) is 51.7 Å². The molecule has 0 saturated carbocycles. The second-order valence-electron chi connectivity index (χ2n) is 7.15. The maximum absolute atomic E-state index is 11.8. The smallest absolute Gasteiger partial charge is 0.138 e. The Kier molecular flexibility index (Phi) is 3.45. The highest BCUT2D eigenvalue weighted by atomic mass is 28.3. The van der Waals surface area contributed by atoms with Gasteiger partial charge in [0.15, 0.2) is 0 Å². The van der Waals surface area contributed by atoms with E-state index in [2.05, 4.69) is 63.2 Å². The van der Waals surface area contributed by atoms with E-state index in [1.165, 1.54) is 11.1 Å². The molecule has 2 heteroatoms. The van der Waals surface area contributed by atoms with Crippen LogP contribution in [-0.4, -0.2) is 13.9 Å². The Morgan fingerprint density at radius 3 is 2.53 bits per heavy atom. The Morgan fingerprint density at radius 2 is 1.89 bits per heavy atom. The van der Waals surface area contributed by atoms with Crippen molar-refractivity contribution in [2.24, 2.45) is 0 Å². The molecule has 0 heterocycles. The molecule has 0 radical (unpaired) electrons. The highest BCUT2D eigenvalue weighted by Crippen LogP contribution is 2.35. The third-order valence-electron chi connectivity index (χ3n) is 3.45. The van der Waals surface area contributed by atoms with Gasteiger partial charge in [-0.1, -0.05) is 45.5 Å². The van der Waals surface area contributed by atoms with Gasteiger partial charge in [-0.25, -0.2) is 0 Å². The van der Waals surface area contributed by atoms with E-state index in [1.807, 2.05) is 0 Å². The lowest BCUT2D eigenvalue weighted by atomic mass is 9.72. The molecule has 0 unspecified atom stereocenters. The Morgan fingerprint density at radius 1 is 1.21 bits per heavy atom. The number of ketones is 1. The fraction of sp³-hybridized carbons (Fsp3) is 0.471. The van der Waals surface area contributed by atoms with Crippen LogP contribution in [0.5, 0.6) is 0 Å². The number of rotatable bonds is 0. The van der Waals surface area contributed by atoms with Gasteiger partial charge in [0, 0.05) is 18.4 Å². The number of benzene rings is 1. The van der Waals surface area contributed by atoms with Crippen molar-refractivity contribution in [3.63, 3.8) is 0 Å². The van der Waals surface area contributed by atoms with Crippen LogP contribution < -0.4 is 0 Å². The van der Waals surface area contributed by atoms with Crippen LogP contribution in [0.3, 0.4) is 0 Å². The molecule has 0 atom stereocenters. The lowest BCUT2D eigenvalue weighted by Gasteiger charge is -2.31. The van der Waals surface area contributed by atoms with Crippen molar-refractivity contribution in [3.8, 4) is 11.5 Å². The van der Waals surface area contributed by atoms with Crippen molar-refractivity contribution in [2.75, 3.05) is 0 Å². The van der Waals surface area contributed by atoms with Gasteiger partial charge in [0.2, 0.25) is 0 Å². The summed E-state index contributed by atoms with van der Waals surface area (Å²) in [6.07, 6.45) is 1.23. The Labute approximate surface area is 117 Å². The van der Waals surface area contributed by atoms with Gasteiger partial charge in [-0.3, -0.25) is 4.79 Å². The van der Waals surface area contributed by atoms with Crippen molar-refractivity contribution in [3.05, 3.63) is 34.9 Å². The molecule has 0 spiro atoms. The first kappa shape index (κ1) is 14.1. The molecule has 0 N–H and O–H groups in total. The molecule has 1 aliphatic carbocycles. The van der Waals surface area contributed by atoms with E-state index >= 15 is 0 Å². The van der Waals surface area contributed by atoms with E-state index in [1.54, 1.807) is 0 Å². The van der Waals surface area contributed by atoms with E-state index < -0.39 is 8.07 Å². The van der Waals surface area contributed by atoms with E-state index in [0.29, 0.717) is 18.6 Å². The topological polar surface area (TPSA) is 17.1 Å². The van der Waals surface area contributed by atoms with Crippen LogP contribution in [0, 0.1) is 11.5 Å². The number of hydrogen-bond donors (Lipinski definition) is 0. The third-order valence-corrected chi connectivity index (χ3v) is 4.32. The molecule has 0 aromatic heterocycles. The average Bonchev–Trinajstić information content (AvgIpc) is 2.24. The summed E-state index contributed by atoms with van der Waals surface area (Å²) in [4.78, 5) is 11.8. The number of fused-ring (bicyclic) bond motifs is 1. The predicted octanol–water partition coefficient (Wildman–Crippen LogP) is 3.71. The second kappa shape index (κ2) is 4.65. The third kappa shape index (κ3) is 3.36. The lowest BCUT2D eigenvalue weighted by Crippen LogP contribution is -2.29. The fourth-order valence-electron chi connectivity index (χ4n) is 2.56. The van der Waals surface area contributed by atoms with Crippen molar-refractivity contribution in [1.82, 2.24) is 0 Å². The monoisotopic (exact) mass is 270 g/mol. The number of hydrogen-bond acceptors (Lipinski definition) is 1. The van der Waals surface area contributed by atoms with Gasteiger partial charge in [-0.05, 0) is 28.7 Å². The van der Waals surface area contributed by atoms with E-state index in [0.717, 1.165) is 5.56 Å². The van der Waals surface area contributed by atoms with Crippen molar-refractivity contribution in [1.29, 1.82) is 0 Å². The molecule has 0 amide bonds. The van der Waals surface area contributed by atoms with Gasteiger partial charge in [0.25, 0.3) is 0 Å². The number of Topliss-reactive ketones (excluding diaryl/α,β-unsaturated/α-hetero) is 1. The first-order valence-corrected chi connectivity index (χ1v) is 10.4. The highest BCUT2D eigenvalue weighted by Gasteiger charge is 2.31. The number of carbonyl (C=O) groups is 1. The first-order chi connectivity index (χ1) is 8.67. The normalized spacial score (nSPS) is 17.4. The Balaban J connectivity index is 2.43. The van der Waals surface area contributed by atoms with Crippen LogP contribution in [-0.2, 0) is 16.6 Å². The highest BCUT2D eigenvalue weighted by molar-refractivity contribution is 6.83. The van der Waals surface area contributed by atoms with E-state index in [4.69, 9.17) is 0 Å². The van der Waals surface area contributed by atoms with Gasteiger partial charge in [-0.15, -0.1) is 5.54 Å². The van der Waals surface area contributed by atoms with Crippen LogP contribution in [0.1, 0.15) is 37.0 Å². The van der Waals surface area contributed by atoms with E-state index in [-0.39, 0.29) is 5.41 Å². The van der Waals surface area contributed by atoms with Gasteiger partial charge >= 0.3 is 0 Å². The molecular weight excluding hydrogens is 248 g/mol. The van der Waals surface area contributed by atoms with Gasteiger partial charge in [0.05, 0.1) is 0 Å². The molecule has 1 nitrogen and oxygen atoms in total. The summed E-state index contributed by atoms with van der Waals surface area (Å²) in [5, 5.41) is 0. The molecule has 0 fully saturated rings. The van der Waals surface area contributed by atoms with Crippen molar-refractivity contribution < 1.29 is 4.79 Å². The molecule has 1 aromatic carbocycles. The summed E-state index contributed by atoms with van der Waals surface area (Å²) in [5.41, 5.74) is 6.92. The number of carbonyl (C=O) groups excluding carboxylic acids is 1. The summed E-state index contributed by atoms with van der Waals surface area (Å²) in [6, 6.07) is 6.33. The standard InChI is InChI=1S/C17H22OSi/c1-17(2)12-15(18)11-14-7-6-13(10-16(14)17)8-9-19(3,4)5/h6-7,10H,11-12H2,1-5H3. The maximum atomic E-state index is 11.8. The fourth-order valence-corrected chi connectivity index (χ4v) is 3.08. The molecule has 1 aliphatic rings. The molecule has 2 rings (SSSR count). The molecular formula is C17H22OSi. The zero-order valence-corrected chi connectivity index (χ0v) is 13.6. The molecule has 100 valence electrons. The van der Waals surface area contributed by atoms with Crippen LogP contribution in [0.2, 0.25) is 19.6 Å². The summed E-state index contributed by atoms with van der Waals surface area (Å²) < 4.78 is 0. The first-order valence-electron chi connectivity index (χ1n) is 6.86. The van der Waals surface area contributed by atoms with Crippen molar-refractivity contribution >= 4 is 13.9 Å². The molecule has 19 heavy (non-hydrogen) atoms. The molecule has 0 saturated heterocycles. The maximum Gasteiger partial charge on any atom is 0.138 e. The largest absolute Gasteiger partial charge is 0.299 e. The second-order valence-corrected chi connectivity index (χ2v) is 11.9. The summed E-state index contributed by atoms with van der Waals surface area (Å²) >= 11 is 0. The predicted molar refractivity (Wildman–Crippen MR) is 83.0 cm³/mol. The summed E-state index contributed by atoms with van der Waals surface area (Å²) in [7, 11) is -1.34. The molecule has 0 aliphatic heterocycles. The quantitative estimate of drug-likeness (QED) is 0.519. The van der Waals surface area contributed by atoms with Crippen LogP contribution >= 0.6 is 0 Å². The summed E-state index contributed by atoms with van der Waals surface area (Å²) in [6.45, 7) is 11.1. The lowest BCUT2D eigenvalue weighted by molar-refractivity contribution is -0.120. The SMILES string of the molecule is CC1(C)CC(=O)Cc2ccc(C#C[Si](C)(C)C)cc21. The minimum atomic E-state index is -1.34. The van der Waals surface area contributed by atoms with Gasteiger partial charge in [0.1, 0.15) is 13.9 Å². The molecule has 1 aromatic rings. The van der Waals surface area contributed by atoms with Crippen LogP contribution in [0.25, 0.3) is 0 Å². The summed E-state index contributed by atoms with van der Waals surface area (Å²) in [5.74, 6) is 3.66. The van der Waals surface area contributed by atoms with Gasteiger partial charge < -0.3 is 0 Å². The minimum absolute atomic E-state index is 0.0540. The average molecular weight is 270 g/mol. The van der Waals surface area contributed by atoms with Gasteiger partial charge in [-0.2, -0.15) is 0 Å². The zero-order valence-electron chi connectivity index (χ0n) is 12.6. The minimum Gasteiger partial charge on any atom is -0.299 e. The Hall–Kier alpha value is -1.33. The van der Waals surface area contributed by atoms with Crippen LogP contribution in [0.15, 0.2) is 18.2 Å². The van der Waals surface area contributed by atoms with Crippen LogP contribution in [0.4, 0.5) is 0 Å².